The van der Waals surface area contributed by atoms with Gasteiger partial charge in [-0.15, -0.1) is 0 Å². The summed E-state index contributed by atoms with van der Waals surface area (Å²) in [6, 6.07) is 14.9. The van der Waals surface area contributed by atoms with Gasteiger partial charge < -0.3 is 9.72 Å². The lowest BCUT2D eigenvalue weighted by molar-refractivity contribution is 0.154. The minimum atomic E-state index is 0.290. The summed E-state index contributed by atoms with van der Waals surface area (Å²) in [5.41, 5.74) is 8.09. The Labute approximate surface area is 212 Å². The Hall–Kier alpha value is -3.97. The van der Waals surface area contributed by atoms with Gasteiger partial charge in [-0.3, -0.25) is 10.1 Å². The number of hydrogen-bond acceptors (Lipinski definition) is 5. The highest BCUT2D eigenvalue weighted by Gasteiger charge is 2.17. The van der Waals surface area contributed by atoms with Gasteiger partial charge in [0.05, 0.1) is 18.0 Å². The number of fused-ring (bicyclic) bond motifs is 2. The molecule has 7 heteroatoms. The fraction of sp³-hybridized carbons (Fsp3) is 0.207. The number of pyridine rings is 2. The number of H-pyrrole nitrogens is 2. The number of ether oxygens (including phenoxy) is 1. The van der Waals surface area contributed by atoms with Crippen LogP contribution in [-0.2, 0) is 0 Å². The molecular weight excluding hydrogens is 466 g/mol. The van der Waals surface area contributed by atoms with Crippen LogP contribution in [0.15, 0.2) is 71.8 Å². The number of aromatic amines is 2. The minimum Gasteiger partial charge on any atom is -0.489 e. The maximum absolute atomic E-state index is 6.25. The van der Waals surface area contributed by atoms with Crippen molar-refractivity contribution in [3.05, 3.63) is 71.8 Å². The van der Waals surface area contributed by atoms with Gasteiger partial charge in [0.25, 0.3) is 0 Å². The van der Waals surface area contributed by atoms with Crippen molar-refractivity contribution in [3.63, 3.8) is 0 Å². The van der Waals surface area contributed by atoms with Gasteiger partial charge in [-0.2, -0.15) is 16.4 Å². The second kappa shape index (κ2) is 8.91. The summed E-state index contributed by atoms with van der Waals surface area (Å²) in [6.07, 6.45) is 11.9. The standard InChI is InChI=1S/C29H25N5OS/c1-2-5-21(6-3-1)35-22-11-19(14-30-16-22)20-12-25-28(33-34-29(25)31-15-20)27-13-24-23(18-9-10-36-17-18)7-4-8-26(24)32-27/h4,7-17,21,32H,1-3,5-6H2,(H,31,33,34). The van der Waals surface area contributed by atoms with Crippen LogP contribution in [-0.4, -0.2) is 31.3 Å². The molecule has 0 bridgehead atoms. The Balaban J connectivity index is 1.26. The molecule has 1 aromatic carbocycles. The number of aromatic nitrogens is 5. The fourth-order valence-corrected chi connectivity index (χ4v) is 5.89. The third-order valence-corrected chi connectivity index (χ3v) is 7.75. The maximum atomic E-state index is 6.25. The molecule has 7 rings (SSSR count). The molecule has 2 N–H and O–H groups in total. The molecule has 6 aromatic rings. The van der Waals surface area contributed by atoms with Crippen LogP contribution in [0.3, 0.4) is 0 Å². The zero-order valence-electron chi connectivity index (χ0n) is 19.7. The second-order valence-corrected chi connectivity index (χ2v) is 10.2. The number of benzene rings is 1. The average molecular weight is 492 g/mol. The van der Waals surface area contributed by atoms with Gasteiger partial charge in [-0.25, -0.2) is 4.98 Å². The van der Waals surface area contributed by atoms with E-state index in [1.54, 1.807) is 11.3 Å². The van der Waals surface area contributed by atoms with E-state index in [1.807, 2.05) is 18.6 Å². The third kappa shape index (κ3) is 3.85. The van der Waals surface area contributed by atoms with Crippen molar-refractivity contribution in [1.82, 2.24) is 25.1 Å². The van der Waals surface area contributed by atoms with Crippen LogP contribution >= 0.6 is 11.3 Å². The Morgan fingerprint density at radius 2 is 1.81 bits per heavy atom. The molecular formula is C29H25N5OS. The Morgan fingerprint density at radius 3 is 2.69 bits per heavy atom. The zero-order valence-corrected chi connectivity index (χ0v) is 20.5. The van der Waals surface area contributed by atoms with Crippen molar-refractivity contribution in [1.29, 1.82) is 0 Å². The molecule has 0 unspecified atom stereocenters. The van der Waals surface area contributed by atoms with Crippen molar-refractivity contribution in [2.75, 3.05) is 0 Å². The van der Waals surface area contributed by atoms with E-state index in [9.17, 15) is 0 Å². The summed E-state index contributed by atoms with van der Waals surface area (Å²) in [5, 5.41) is 14.2. The van der Waals surface area contributed by atoms with E-state index in [2.05, 4.69) is 78.4 Å². The molecule has 0 amide bonds. The van der Waals surface area contributed by atoms with E-state index in [4.69, 9.17) is 4.74 Å². The molecule has 1 aliphatic rings. The highest BCUT2D eigenvalue weighted by atomic mass is 32.1. The largest absolute Gasteiger partial charge is 0.489 e. The van der Waals surface area contributed by atoms with Gasteiger partial charge in [0, 0.05) is 39.8 Å². The lowest BCUT2D eigenvalue weighted by Gasteiger charge is -2.23. The Kier molecular flexibility index (Phi) is 5.28. The SMILES string of the molecule is c1cc(-c2ccsc2)c2cc(-c3n[nH]c4ncc(-c5cncc(OC6CCCCC6)c5)cc34)[nH]c2c1. The van der Waals surface area contributed by atoms with Crippen molar-refractivity contribution >= 4 is 33.3 Å². The van der Waals surface area contributed by atoms with Crippen LogP contribution in [0.25, 0.3) is 55.6 Å². The van der Waals surface area contributed by atoms with E-state index < -0.39 is 0 Å². The normalized spacial score (nSPS) is 14.6. The Bertz CT molecular complexity index is 1660. The molecule has 1 aliphatic carbocycles. The van der Waals surface area contributed by atoms with Crippen molar-refractivity contribution in [2.24, 2.45) is 0 Å². The van der Waals surface area contributed by atoms with Crippen LogP contribution in [0.2, 0.25) is 0 Å². The molecule has 36 heavy (non-hydrogen) atoms. The van der Waals surface area contributed by atoms with E-state index in [0.717, 1.165) is 57.7 Å². The number of thiophene rings is 1. The first-order valence-electron chi connectivity index (χ1n) is 12.4. The van der Waals surface area contributed by atoms with Gasteiger partial charge in [0.15, 0.2) is 5.65 Å². The van der Waals surface area contributed by atoms with E-state index >= 15 is 0 Å². The number of nitrogens with zero attached hydrogens (tertiary/aromatic N) is 3. The van der Waals surface area contributed by atoms with Crippen molar-refractivity contribution in [2.45, 2.75) is 38.2 Å². The molecule has 0 radical (unpaired) electrons. The fourth-order valence-electron chi connectivity index (χ4n) is 5.24. The summed E-state index contributed by atoms with van der Waals surface area (Å²) in [7, 11) is 0. The lowest BCUT2D eigenvalue weighted by atomic mass is 9.98. The zero-order chi connectivity index (χ0) is 23.9. The topological polar surface area (TPSA) is 79.5 Å². The number of nitrogens with one attached hydrogen (secondary N) is 2. The van der Waals surface area contributed by atoms with Gasteiger partial charge in [0.1, 0.15) is 11.4 Å². The predicted molar refractivity (Wildman–Crippen MR) is 145 cm³/mol. The van der Waals surface area contributed by atoms with Gasteiger partial charge >= 0.3 is 0 Å². The predicted octanol–water partition coefficient (Wildman–Crippen LogP) is 7.61. The van der Waals surface area contributed by atoms with Crippen LogP contribution in [0.5, 0.6) is 5.75 Å². The summed E-state index contributed by atoms with van der Waals surface area (Å²) >= 11 is 1.71. The van der Waals surface area contributed by atoms with E-state index in [0.29, 0.717) is 0 Å². The van der Waals surface area contributed by atoms with Gasteiger partial charge in [-0.1, -0.05) is 18.6 Å². The number of rotatable bonds is 5. The highest BCUT2D eigenvalue weighted by Crippen LogP contribution is 2.35. The number of hydrogen-bond donors (Lipinski definition) is 2. The first kappa shape index (κ1) is 21.3. The molecule has 0 atom stereocenters. The maximum Gasteiger partial charge on any atom is 0.155 e. The molecule has 1 fully saturated rings. The summed E-state index contributed by atoms with van der Waals surface area (Å²) in [5.74, 6) is 0.823. The highest BCUT2D eigenvalue weighted by molar-refractivity contribution is 7.08. The average Bonchev–Trinajstić information content (AvgIpc) is 3.68. The molecule has 178 valence electrons. The molecule has 0 saturated heterocycles. The van der Waals surface area contributed by atoms with Crippen LogP contribution < -0.4 is 4.74 Å². The molecule has 0 aliphatic heterocycles. The third-order valence-electron chi connectivity index (χ3n) is 7.07. The van der Waals surface area contributed by atoms with Crippen LogP contribution in [0, 0.1) is 0 Å². The van der Waals surface area contributed by atoms with E-state index in [-0.39, 0.29) is 6.10 Å². The molecule has 5 heterocycles. The summed E-state index contributed by atoms with van der Waals surface area (Å²) in [6.45, 7) is 0. The molecule has 1 saturated carbocycles. The quantitative estimate of drug-likeness (QED) is 0.260. The smallest absolute Gasteiger partial charge is 0.155 e. The minimum absolute atomic E-state index is 0.290. The van der Waals surface area contributed by atoms with Crippen molar-refractivity contribution in [3.8, 4) is 39.4 Å². The first-order chi connectivity index (χ1) is 17.8. The monoisotopic (exact) mass is 491 g/mol. The van der Waals surface area contributed by atoms with Crippen LogP contribution in [0.4, 0.5) is 0 Å². The molecule has 5 aromatic heterocycles. The molecule has 6 nitrogen and oxygen atoms in total. The molecule has 0 spiro atoms. The second-order valence-electron chi connectivity index (χ2n) is 9.44. The van der Waals surface area contributed by atoms with Gasteiger partial charge in [0.2, 0.25) is 0 Å². The Morgan fingerprint density at radius 1 is 0.889 bits per heavy atom. The van der Waals surface area contributed by atoms with Gasteiger partial charge in [-0.05, 0) is 77.9 Å². The summed E-state index contributed by atoms with van der Waals surface area (Å²) < 4.78 is 6.25. The van der Waals surface area contributed by atoms with Crippen LogP contribution in [0.1, 0.15) is 32.1 Å². The lowest BCUT2D eigenvalue weighted by Crippen LogP contribution is -2.19. The van der Waals surface area contributed by atoms with E-state index in [1.165, 1.54) is 35.8 Å². The van der Waals surface area contributed by atoms with Crippen molar-refractivity contribution < 1.29 is 4.74 Å². The first-order valence-corrected chi connectivity index (χ1v) is 13.4. The summed E-state index contributed by atoms with van der Waals surface area (Å²) in [4.78, 5) is 12.7.